The second-order valence-electron chi connectivity index (χ2n) is 11.2. The van der Waals surface area contributed by atoms with Gasteiger partial charge in [0.1, 0.15) is 30.1 Å². The first-order chi connectivity index (χ1) is 18.8. The van der Waals surface area contributed by atoms with Crippen LogP contribution in [0, 0.1) is 23.1 Å². The normalized spacial score (nSPS) is 20.5. The number of likely N-dealkylation sites (tertiary alicyclic amines) is 1. The van der Waals surface area contributed by atoms with Crippen LogP contribution in [0.4, 0.5) is 9.18 Å². The van der Waals surface area contributed by atoms with Gasteiger partial charge in [-0.15, -0.1) is 0 Å². The van der Waals surface area contributed by atoms with Crippen molar-refractivity contribution in [2.24, 2.45) is 5.92 Å². The zero-order valence-corrected chi connectivity index (χ0v) is 24.1. The molecule has 1 aliphatic heterocycles. The lowest BCUT2D eigenvalue weighted by Gasteiger charge is -2.33. The van der Waals surface area contributed by atoms with Crippen LogP contribution in [0.15, 0.2) is 30.6 Å². The van der Waals surface area contributed by atoms with Gasteiger partial charge in [0.2, 0.25) is 5.91 Å². The summed E-state index contributed by atoms with van der Waals surface area (Å²) in [6, 6.07) is 4.58. The average molecular weight is 556 g/mol. The number of amides is 2. The highest BCUT2D eigenvalue weighted by Crippen LogP contribution is 2.34. The molecule has 1 fully saturated rings. The molecule has 5 atom stereocenters. The smallest absolute Gasteiger partial charge is 0.411 e. The summed E-state index contributed by atoms with van der Waals surface area (Å²) >= 11 is 0. The molecule has 1 saturated heterocycles. The van der Waals surface area contributed by atoms with E-state index in [1.165, 1.54) is 30.5 Å². The Bertz CT molecular complexity index is 1280. The second kappa shape index (κ2) is 12.6. The molecule has 1 aliphatic rings. The number of nitrogens with zero attached hydrogens (tertiary/aromatic N) is 4. The van der Waals surface area contributed by atoms with Crippen LogP contribution in [0.5, 0.6) is 0 Å². The van der Waals surface area contributed by atoms with Gasteiger partial charge in [0, 0.05) is 30.8 Å². The van der Waals surface area contributed by atoms with Crippen LogP contribution < -0.4 is 5.32 Å². The first-order valence-electron chi connectivity index (χ1n) is 13.4. The standard InChI is InChI=1S/C29H38FN5O5/c1-8-21-11-17(2)26(35(21)28(38)40-29(4,5)6)27(37)33-24(13-31)18(3)22-10-9-19(12-23(22)30)20-14-32-34(15-20)25(36)16-39-7/h9-10,12,14-15,17-18,21,24,26H,8,11,16H2,1-7H3,(H,33,37)/t17-,18+,21+,24+,26-/m0/s1. The van der Waals surface area contributed by atoms with E-state index in [-0.39, 0.29) is 30.0 Å². The molecule has 0 unspecified atom stereocenters. The van der Waals surface area contributed by atoms with Crippen LogP contribution in [0.1, 0.15) is 70.7 Å². The number of halogens is 1. The third kappa shape index (κ3) is 6.86. The van der Waals surface area contributed by atoms with Crippen LogP contribution in [0.25, 0.3) is 11.1 Å². The molecule has 1 aromatic heterocycles. The van der Waals surface area contributed by atoms with Gasteiger partial charge in [0.15, 0.2) is 0 Å². The highest BCUT2D eigenvalue weighted by Gasteiger charge is 2.47. The van der Waals surface area contributed by atoms with Crippen molar-refractivity contribution < 1.29 is 28.2 Å². The summed E-state index contributed by atoms with van der Waals surface area (Å²) in [7, 11) is 1.40. The number of benzene rings is 1. The quantitative estimate of drug-likeness (QED) is 0.508. The van der Waals surface area contributed by atoms with Gasteiger partial charge >= 0.3 is 6.09 Å². The van der Waals surface area contributed by atoms with Crippen molar-refractivity contribution in [1.82, 2.24) is 20.0 Å². The highest BCUT2D eigenvalue weighted by atomic mass is 19.1. The van der Waals surface area contributed by atoms with E-state index < -0.39 is 41.4 Å². The predicted octanol–water partition coefficient (Wildman–Crippen LogP) is 4.51. The molecule has 216 valence electrons. The molecule has 0 bridgehead atoms. The van der Waals surface area contributed by atoms with E-state index in [1.807, 2.05) is 13.8 Å². The number of carbonyl (C=O) groups excluding carboxylic acids is 3. The van der Waals surface area contributed by atoms with Gasteiger partial charge < -0.3 is 14.8 Å². The number of nitrogens with one attached hydrogen (secondary N) is 1. The van der Waals surface area contributed by atoms with Crippen LogP contribution in [0.2, 0.25) is 0 Å². The molecule has 10 nitrogen and oxygen atoms in total. The van der Waals surface area contributed by atoms with Crippen molar-refractivity contribution in [3.05, 3.63) is 42.0 Å². The fourth-order valence-electron chi connectivity index (χ4n) is 5.06. The van der Waals surface area contributed by atoms with Gasteiger partial charge in [-0.25, -0.2) is 13.9 Å². The Kier molecular flexibility index (Phi) is 9.69. The van der Waals surface area contributed by atoms with E-state index in [0.717, 1.165) is 4.68 Å². The van der Waals surface area contributed by atoms with Crippen LogP contribution in [-0.2, 0) is 14.3 Å². The van der Waals surface area contributed by atoms with Crippen LogP contribution >= 0.6 is 0 Å². The van der Waals surface area contributed by atoms with Crippen LogP contribution in [-0.4, -0.2) is 70.0 Å². The molecule has 3 rings (SSSR count). The van der Waals surface area contributed by atoms with E-state index in [2.05, 4.69) is 16.5 Å². The maximum Gasteiger partial charge on any atom is 0.411 e. The molecule has 2 aromatic rings. The van der Waals surface area contributed by atoms with Crippen molar-refractivity contribution in [2.75, 3.05) is 13.7 Å². The SMILES string of the molecule is CC[C@@H]1C[C@H](C)[C@@H](C(=O)N[C@H](C#N)[C@H](C)c2ccc(-c3cnn(C(=O)COC)c3)cc2F)N1C(=O)OC(C)(C)C. The van der Waals surface area contributed by atoms with Crippen molar-refractivity contribution in [3.8, 4) is 17.2 Å². The maximum atomic E-state index is 15.3. The monoisotopic (exact) mass is 555 g/mol. The Morgan fingerprint density at radius 3 is 2.55 bits per heavy atom. The first-order valence-corrected chi connectivity index (χ1v) is 13.4. The third-order valence-corrected chi connectivity index (χ3v) is 7.09. The number of carbonyl (C=O) groups is 3. The molecule has 40 heavy (non-hydrogen) atoms. The summed E-state index contributed by atoms with van der Waals surface area (Å²) in [6.07, 6.45) is 3.65. The Hall–Kier alpha value is -3.78. The van der Waals surface area contributed by atoms with Gasteiger partial charge in [-0.05, 0) is 56.7 Å². The van der Waals surface area contributed by atoms with Gasteiger partial charge in [0.05, 0.1) is 12.3 Å². The molecule has 11 heteroatoms. The molecule has 0 radical (unpaired) electrons. The van der Waals surface area contributed by atoms with Gasteiger partial charge in [-0.1, -0.05) is 32.9 Å². The number of hydrogen-bond donors (Lipinski definition) is 1. The second-order valence-corrected chi connectivity index (χ2v) is 11.2. The van der Waals surface area contributed by atoms with E-state index in [0.29, 0.717) is 24.0 Å². The Balaban J connectivity index is 1.79. The lowest BCUT2D eigenvalue weighted by atomic mass is 9.91. The van der Waals surface area contributed by atoms with Crippen molar-refractivity contribution in [3.63, 3.8) is 0 Å². The lowest BCUT2D eigenvalue weighted by Crippen LogP contribution is -2.54. The molecule has 2 heterocycles. The van der Waals surface area contributed by atoms with E-state index >= 15 is 4.39 Å². The lowest BCUT2D eigenvalue weighted by molar-refractivity contribution is -0.127. The topological polar surface area (TPSA) is 127 Å². The molecule has 0 spiro atoms. The number of rotatable bonds is 8. The predicted molar refractivity (Wildman–Crippen MR) is 146 cm³/mol. The van der Waals surface area contributed by atoms with E-state index in [9.17, 15) is 19.6 Å². The Morgan fingerprint density at radius 1 is 1.27 bits per heavy atom. The molecule has 0 aliphatic carbocycles. The van der Waals surface area contributed by atoms with Gasteiger partial charge in [0.25, 0.3) is 5.91 Å². The minimum absolute atomic E-state index is 0.137. The summed E-state index contributed by atoms with van der Waals surface area (Å²) in [5.74, 6) is -2.24. The fraction of sp³-hybridized carbons (Fsp3) is 0.552. The first kappa shape index (κ1) is 30.8. The number of nitriles is 1. The Morgan fingerprint density at radius 2 is 1.98 bits per heavy atom. The van der Waals surface area contributed by atoms with Crippen molar-refractivity contribution in [1.29, 1.82) is 5.26 Å². The molecule has 2 amide bonds. The molecular weight excluding hydrogens is 517 g/mol. The number of ether oxygens (including phenoxy) is 2. The summed E-state index contributed by atoms with van der Waals surface area (Å²) in [5, 5.41) is 16.7. The zero-order valence-electron chi connectivity index (χ0n) is 24.1. The molecule has 0 saturated carbocycles. The maximum absolute atomic E-state index is 15.3. The van der Waals surface area contributed by atoms with Gasteiger partial charge in [-0.2, -0.15) is 10.4 Å². The number of methoxy groups -OCH3 is 1. The summed E-state index contributed by atoms with van der Waals surface area (Å²) in [6.45, 7) is 10.7. The number of hydrogen-bond acceptors (Lipinski definition) is 7. The molecule has 1 aromatic carbocycles. The average Bonchev–Trinajstić information content (AvgIpc) is 3.51. The summed E-state index contributed by atoms with van der Waals surface area (Å²) in [5.41, 5.74) is 0.554. The zero-order chi connectivity index (χ0) is 29.8. The van der Waals surface area contributed by atoms with E-state index in [4.69, 9.17) is 9.47 Å². The fourth-order valence-corrected chi connectivity index (χ4v) is 5.06. The number of aromatic nitrogens is 2. The highest BCUT2D eigenvalue weighted by molar-refractivity contribution is 5.87. The Labute approximate surface area is 234 Å². The summed E-state index contributed by atoms with van der Waals surface area (Å²) < 4.78 is 26.8. The minimum Gasteiger partial charge on any atom is -0.444 e. The van der Waals surface area contributed by atoms with Crippen molar-refractivity contribution in [2.45, 2.75) is 84.0 Å². The van der Waals surface area contributed by atoms with Crippen LogP contribution in [0.3, 0.4) is 0 Å². The molecular formula is C29H38FN5O5. The van der Waals surface area contributed by atoms with E-state index in [1.54, 1.807) is 39.8 Å². The van der Waals surface area contributed by atoms with Gasteiger partial charge in [-0.3, -0.25) is 14.5 Å². The summed E-state index contributed by atoms with van der Waals surface area (Å²) in [4.78, 5) is 40.0. The third-order valence-electron chi connectivity index (χ3n) is 7.09. The van der Waals surface area contributed by atoms with Crippen molar-refractivity contribution >= 4 is 17.9 Å². The molecule has 1 N–H and O–H groups in total. The largest absolute Gasteiger partial charge is 0.444 e. The minimum atomic E-state index is -1.05.